The van der Waals surface area contributed by atoms with Crippen LogP contribution in [0.15, 0.2) is 52.7 Å². The zero-order valence-electron chi connectivity index (χ0n) is 14.3. The second-order valence-corrected chi connectivity index (χ2v) is 9.91. The Bertz CT molecular complexity index is 978. The Morgan fingerprint density at radius 2 is 1.58 bits per heavy atom. The first kappa shape index (κ1) is 17.1. The fourth-order valence-corrected chi connectivity index (χ4v) is 5.84. The Hall–Kier alpha value is -1.69. The van der Waals surface area contributed by atoms with Crippen molar-refractivity contribution >= 4 is 31.4 Å². The highest BCUT2D eigenvalue weighted by atomic mass is 32.2. The molecule has 1 N–H and O–H groups in total. The lowest BCUT2D eigenvalue weighted by Gasteiger charge is -2.20. The van der Waals surface area contributed by atoms with Crippen molar-refractivity contribution in [2.75, 3.05) is 0 Å². The number of thiophene rings is 1. The second kappa shape index (κ2) is 5.99. The van der Waals surface area contributed by atoms with Crippen LogP contribution in [-0.2, 0) is 10.0 Å². The molecule has 0 amide bonds. The number of hydrogen-bond acceptors (Lipinski definition) is 3. The quantitative estimate of drug-likeness (QED) is 0.719. The Morgan fingerprint density at radius 3 is 2.21 bits per heavy atom. The number of aryl methyl sites for hydroxylation is 1. The third-order valence-corrected chi connectivity index (χ3v) is 7.04. The SMILES string of the molecule is Cc1ccc(-c2c(S(=O)(=O)NC(C)(C)C)sc3ccccc23)cc1. The summed E-state index contributed by atoms with van der Waals surface area (Å²) >= 11 is 1.32. The topological polar surface area (TPSA) is 46.2 Å². The number of nitrogens with one attached hydrogen (secondary N) is 1. The number of hydrogen-bond donors (Lipinski definition) is 1. The molecule has 0 aliphatic carbocycles. The van der Waals surface area contributed by atoms with Gasteiger partial charge in [-0.3, -0.25) is 0 Å². The van der Waals surface area contributed by atoms with Crippen LogP contribution in [0, 0.1) is 6.92 Å². The molecular formula is C19H21NO2S2. The van der Waals surface area contributed by atoms with Gasteiger partial charge in [0, 0.05) is 21.2 Å². The molecule has 1 heterocycles. The van der Waals surface area contributed by atoms with Gasteiger partial charge in [0.15, 0.2) is 0 Å². The van der Waals surface area contributed by atoms with Crippen LogP contribution in [0.25, 0.3) is 21.2 Å². The van der Waals surface area contributed by atoms with Gasteiger partial charge in [0.05, 0.1) is 0 Å². The highest BCUT2D eigenvalue weighted by Gasteiger charge is 2.28. The van der Waals surface area contributed by atoms with E-state index in [4.69, 9.17) is 0 Å². The molecule has 0 saturated carbocycles. The normalized spacial score (nSPS) is 12.7. The molecule has 0 spiro atoms. The molecule has 3 aromatic rings. The average molecular weight is 360 g/mol. The molecule has 0 atom stereocenters. The molecule has 24 heavy (non-hydrogen) atoms. The van der Waals surface area contributed by atoms with E-state index in [2.05, 4.69) is 4.72 Å². The lowest BCUT2D eigenvalue weighted by atomic mass is 10.0. The number of rotatable bonds is 3. The van der Waals surface area contributed by atoms with Gasteiger partial charge < -0.3 is 0 Å². The standard InChI is InChI=1S/C19H21NO2S2/c1-13-9-11-14(12-10-13)17-15-7-5-6-8-16(15)23-18(17)24(21,22)20-19(2,3)4/h5-12,20H,1-4H3. The van der Waals surface area contributed by atoms with Crippen molar-refractivity contribution in [1.82, 2.24) is 4.72 Å². The summed E-state index contributed by atoms with van der Waals surface area (Å²) in [4.78, 5) is 0. The fourth-order valence-electron chi connectivity index (χ4n) is 2.66. The second-order valence-electron chi connectivity index (χ2n) is 6.98. The number of benzene rings is 2. The van der Waals surface area contributed by atoms with E-state index >= 15 is 0 Å². The molecule has 3 rings (SSSR count). The van der Waals surface area contributed by atoms with Crippen molar-refractivity contribution in [3.8, 4) is 11.1 Å². The van der Waals surface area contributed by atoms with Crippen molar-refractivity contribution in [3.63, 3.8) is 0 Å². The third-order valence-electron chi connectivity index (χ3n) is 3.59. The van der Waals surface area contributed by atoms with E-state index in [0.717, 1.165) is 26.8 Å². The van der Waals surface area contributed by atoms with Gasteiger partial charge in [-0.25, -0.2) is 13.1 Å². The molecule has 126 valence electrons. The molecule has 0 fully saturated rings. The Balaban J connectivity index is 2.29. The van der Waals surface area contributed by atoms with Crippen LogP contribution in [0.3, 0.4) is 0 Å². The van der Waals surface area contributed by atoms with Gasteiger partial charge in [0.25, 0.3) is 10.0 Å². The maximum atomic E-state index is 13.0. The molecule has 0 aliphatic heterocycles. The molecule has 0 aliphatic rings. The lowest BCUT2D eigenvalue weighted by molar-refractivity contribution is 0.493. The Labute approximate surface area is 147 Å². The van der Waals surface area contributed by atoms with Gasteiger partial charge in [-0.15, -0.1) is 11.3 Å². The van der Waals surface area contributed by atoms with Crippen LogP contribution in [-0.4, -0.2) is 14.0 Å². The maximum Gasteiger partial charge on any atom is 0.251 e. The summed E-state index contributed by atoms with van der Waals surface area (Å²) in [6.07, 6.45) is 0. The highest BCUT2D eigenvalue weighted by Crippen LogP contribution is 2.41. The number of sulfonamides is 1. The molecule has 1 aromatic heterocycles. The number of fused-ring (bicyclic) bond motifs is 1. The van der Waals surface area contributed by atoms with Crippen LogP contribution in [0.5, 0.6) is 0 Å². The summed E-state index contributed by atoms with van der Waals surface area (Å²) in [6.45, 7) is 7.57. The van der Waals surface area contributed by atoms with E-state index in [1.807, 2.05) is 76.2 Å². The van der Waals surface area contributed by atoms with Gasteiger partial charge in [-0.2, -0.15) is 0 Å². The molecule has 0 unspecified atom stereocenters. The average Bonchev–Trinajstić information content (AvgIpc) is 2.86. The summed E-state index contributed by atoms with van der Waals surface area (Å²) in [6, 6.07) is 15.8. The minimum Gasteiger partial charge on any atom is -0.206 e. The summed E-state index contributed by atoms with van der Waals surface area (Å²) in [5.41, 5.74) is 2.33. The van der Waals surface area contributed by atoms with E-state index in [0.29, 0.717) is 4.21 Å². The molecule has 0 radical (unpaired) electrons. The zero-order chi connectivity index (χ0) is 17.5. The van der Waals surface area contributed by atoms with E-state index in [9.17, 15) is 8.42 Å². The Morgan fingerprint density at radius 1 is 0.958 bits per heavy atom. The Kier molecular flexibility index (Phi) is 4.28. The first-order valence-electron chi connectivity index (χ1n) is 7.80. The van der Waals surface area contributed by atoms with Gasteiger partial charge >= 0.3 is 0 Å². The molecule has 0 bridgehead atoms. The summed E-state index contributed by atoms with van der Waals surface area (Å²) in [5, 5.41) is 0.973. The summed E-state index contributed by atoms with van der Waals surface area (Å²) < 4.78 is 30.1. The minimum absolute atomic E-state index is 0.377. The zero-order valence-corrected chi connectivity index (χ0v) is 15.9. The molecule has 3 nitrogen and oxygen atoms in total. The largest absolute Gasteiger partial charge is 0.251 e. The molecule has 2 aromatic carbocycles. The van der Waals surface area contributed by atoms with Crippen LogP contribution in [0.1, 0.15) is 26.3 Å². The first-order chi connectivity index (χ1) is 11.2. The van der Waals surface area contributed by atoms with E-state index in [1.54, 1.807) is 0 Å². The first-order valence-corrected chi connectivity index (χ1v) is 10.1. The van der Waals surface area contributed by atoms with Crippen molar-refractivity contribution < 1.29 is 8.42 Å². The van der Waals surface area contributed by atoms with Crippen molar-refractivity contribution in [2.45, 2.75) is 37.4 Å². The lowest BCUT2D eigenvalue weighted by Crippen LogP contribution is -2.40. The van der Waals surface area contributed by atoms with Gasteiger partial charge in [0.2, 0.25) is 0 Å². The van der Waals surface area contributed by atoms with E-state index in [1.165, 1.54) is 11.3 Å². The van der Waals surface area contributed by atoms with Crippen molar-refractivity contribution in [2.24, 2.45) is 0 Å². The molecular weight excluding hydrogens is 338 g/mol. The third kappa shape index (κ3) is 3.38. The van der Waals surface area contributed by atoms with Crippen molar-refractivity contribution in [3.05, 3.63) is 54.1 Å². The van der Waals surface area contributed by atoms with Gasteiger partial charge in [0.1, 0.15) is 4.21 Å². The van der Waals surface area contributed by atoms with Crippen LogP contribution < -0.4 is 4.72 Å². The van der Waals surface area contributed by atoms with Crippen molar-refractivity contribution in [1.29, 1.82) is 0 Å². The fraction of sp³-hybridized carbons (Fsp3) is 0.263. The highest BCUT2D eigenvalue weighted by molar-refractivity contribution is 7.92. The van der Waals surface area contributed by atoms with Crippen LogP contribution in [0.4, 0.5) is 0 Å². The van der Waals surface area contributed by atoms with E-state index < -0.39 is 15.6 Å². The van der Waals surface area contributed by atoms with Gasteiger partial charge in [-0.05, 0) is 39.3 Å². The smallest absolute Gasteiger partial charge is 0.206 e. The predicted molar refractivity (Wildman–Crippen MR) is 102 cm³/mol. The molecule has 5 heteroatoms. The monoisotopic (exact) mass is 359 g/mol. The predicted octanol–water partition coefficient (Wildman–Crippen LogP) is 4.95. The minimum atomic E-state index is -3.60. The van der Waals surface area contributed by atoms with E-state index in [-0.39, 0.29) is 0 Å². The van der Waals surface area contributed by atoms with Crippen LogP contribution >= 0.6 is 11.3 Å². The molecule has 0 saturated heterocycles. The van der Waals surface area contributed by atoms with Gasteiger partial charge in [-0.1, -0.05) is 48.0 Å². The maximum absolute atomic E-state index is 13.0. The summed E-state index contributed by atoms with van der Waals surface area (Å²) in [7, 11) is -3.60. The van der Waals surface area contributed by atoms with Crippen LogP contribution in [0.2, 0.25) is 0 Å². The summed E-state index contributed by atoms with van der Waals surface area (Å²) in [5.74, 6) is 0.